The highest BCUT2D eigenvalue weighted by Crippen LogP contribution is 2.32. The van der Waals surface area contributed by atoms with Crippen molar-refractivity contribution in [2.75, 3.05) is 0 Å². The van der Waals surface area contributed by atoms with Crippen LogP contribution in [0.1, 0.15) is 5.69 Å². The molecule has 0 bridgehead atoms. The minimum atomic E-state index is -2.47. The van der Waals surface area contributed by atoms with E-state index in [0.29, 0.717) is 5.82 Å². The summed E-state index contributed by atoms with van der Waals surface area (Å²) < 4.78 is 1.81. The zero-order valence-corrected chi connectivity index (χ0v) is 20.3. The van der Waals surface area contributed by atoms with E-state index < -0.39 is 8.07 Å². The van der Waals surface area contributed by atoms with Gasteiger partial charge in [-0.1, -0.05) is 110 Å². The molecule has 5 heteroatoms. The van der Waals surface area contributed by atoms with Crippen molar-refractivity contribution in [2.24, 2.45) is 0 Å². The Kier molecular flexibility index (Phi) is 5.85. The molecule has 0 N–H and O–H groups in total. The van der Waals surface area contributed by atoms with Gasteiger partial charge in [0.05, 0.1) is 0 Å². The lowest BCUT2D eigenvalue weighted by atomic mass is 10.2. The highest BCUT2D eigenvalue weighted by Gasteiger charge is 2.37. The molecule has 0 aliphatic rings. The first-order valence-electron chi connectivity index (χ1n) is 11.3. The monoisotopic (exact) mass is 466 g/mol. The van der Waals surface area contributed by atoms with Crippen LogP contribution in [0.25, 0.3) is 21.9 Å². The van der Waals surface area contributed by atoms with Gasteiger partial charge in [-0.2, -0.15) is 5.26 Å². The fourth-order valence-electron chi connectivity index (χ4n) is 4.73. The number of para-hydroxylation sites is 1. The molecular formula is C30H22N4Si. The average Bonchev–Trinajstić information content (AvgIpc) is 3.33. The lowest BCUT2D eigenvalue weighted by Crippen LogP contribution is -2.65. The predicted molar refractivity (Wildman–Crippen MR) is 143 cm³/mol. The Morgan fingerprint density at radius 2 is 1.29 bits per heavy atom. The maximum Gasteiger partial charge on any atom is 0.273 e. The molecule has 0 saturated heterocycles. The van der Waals surface area contributed by atoms with Crippen LogP contribution in [0.2, 0.25) is 6.55 Å². The van der Waals surface area contributed by atoms with Gasteiger partial charge in [0, 0.05) is 5.56 Å². The molecule has 5 rings (SSSR count). The molecule has 0 fully saturated rings. The zero-order valence-electron chi connectivity index (χ0n) is 19.3. The molecule has 0 aliphatic heterocycles. The Balaban J connectivity index is 1.86. The number of rotatable bonds is 5. The maximum absolute atomic E-state index is 9.81. The molecule has 0 radical (unpaired) electrons. The van der Waals surface area contributed by atoms with E-state index >= 15 is 0 Å². The van der Waals surface area contributed by atoms with Crippen LogP contribution in [0, 0.1) is 17.9 Å². The minimum absolute atomic E-state index is 0.136. The van der Waals surface area contributed by atoms with Crippen LogP contribution >= 0.6 is 0 Å². The first kappa shape index (κ1) is 22.1. The normalized spacial score (nSPS) is 10.9. The fourth-order valence-corrected chi connectivity index (χ4v) is 8.56. The van der Waals surface area contributed by atoms with Gasteiger partial charge in [-0.15, -0.1) is 0 Å². The van der Waals surface area contributed by atoms with Crippen molar-refractivity contribution in [3.63, 3.8) is 0 Å². The second-order valence-corrected chi connectivity index (χ2v) is 12.3. The number of hydrogen-bond donors (Lipinski definition) is 0. The Morgan fingerprint density at radius 3 is 1.83 bits per heavy atom. The molecule has 35 heavy (non-hydrogen) atoms. The first-order valence-corrected chi connectivity index (χ1v) is 13.8. The summed E-state index contributed by atoms with van der Waals surface area (Å²) in [6.07, 6.45) is 0. The van der Waals surface area contributed by atoms with Crippen LogP contribution in [0.3, 0.4) is 0 Å². The van der Waals surface area contributed by atoms with Crippen LogP contribution in [-0.4, -0.2) is 17.6 Å². The van der Waals surface area contributed by atoms with Crippen molar-refractivity contribution in [2.45, 2.75) is 6.55 Å². The van der Waals surface area contributed by atoms with Crippen molar-refractivity contribution in [3.05, 3.63) is 132 Å². The van der Waals surface area contributed by atoms with Crippen LogP contribution < -0.4 is 15.6 Å². The summed E-state index contributed by atoms with van der Waals surface area (Å²) in [5, 5.41) is 13.5. The molecule has 4 nitrogen and oxygen atoms in total. The van der Waals surface area contributed by atoms with E-state index in [4.69, 9.17) is 11.6 Å². The van der Waals surface area contributed by atoms with Gasteiger partial charge in [0.2, 0.25) is 5.82 Å². The van der Waals surface area contributed by atoms with E-state index in [9.17, 15) is 5.26 Å². The number of nitrogens with zero attached hydrogens (tertiary/aromatic N) is 4. The topological polar surface area (TPSA) is 46.0 Å². The number of aromatic nitrogens is 2. The van der Waals surface area contributed by atoms with Crippen LogP contribution in [-0.2, 0) is 0 Å². The number of benzene rings is 4. The molecule has 5 aromatic rings. The number of imidazole rings is 1. The molecule has 166 valence electrons. The summed E-state index contributed by atoms with van der Waals surface area (Å²) in [7, 11) is -2.47. The molecule has 0 amide bonds. The largest absolute Gasteiger partial charge is 0.361 e. The average molecular weight is 467 g/mol. The third-order valence-electron chi connectivity index (χ3n) is 6.49. The lowest BCUT2D eigenvalue weighted by molar-refractivity contribution is 1.08. The van der Waals surface area contributed by atoms with E-state index in [1.165, 1.54) is 15.6 Å². The molecule has 0 spiro atoms. The highest BCUT2D eigenvalue weighted by atomic mass is 28.3. The molecule has 4 aromatic carbocycles. The maximum atomic E-state index is 9.81. The van der Waals surface area contributed by atoms with Crippen LogP contribution in [0.5, 0.6) is 0 Å². The minimum Gasteiger partial charge on any atom is -0.361 e. The van der Waals surface area contributed by atoms with E-state index in [2.05, 4.69) is 84.2 Å². The summed E-state index contributed by atoms with van der Waals surface area (Å²) in [5.74, 6) is 0.839. The molecule has 0 atom stereocenters. The third-order valence-corrected chi connectivity index (χ3v) is 11.0. The molecule has 1 aromatic heterocycles. The summed E-state index contributed by atoms with van der Waals surface area (Å²) >= 11 is 0. The van der Waals surface area contributed by atoms with Gasteiger partial charge >= 0.3 is 0 Å². The van der Waals surface area contributed by atoms with Crippen molar-refractivity contribution in [1.82, 2.24) is 9.55 Å². The fraction of sp³-hybridized carbons (Fsp3) is 0.0333. The van der Waals surface area contributed by atoms with Crippen molar-refractivity contribution < 1.29 is 0 Å². The smallest absolute Gasteiger partial charge is 0.273 e. The lowest BCUT2D eigenvalue weighted by Gasteiger charge is -2.31. The summed E-state index contributed by atoms with van der Waals surface area (Å²) in [6, 6.07) is 41.3. The number of nitriles is 1. The van der Waals surface area contributed by atoms with Gasteiger partial charge in [-0.3, -0.25) is 0 Å². The van der Waals surface area contributed by atoms with Gasteiger partial charge in [0.1, 0.15) is 19.8 Å². The SMILES string of the molecule is [C-]#[N+]c1c(C#N)nc(-c2ccccc2[Si](C)(c2ccccc2)c2ccccc2)n1-c1ccccc1. The predicted octanol–water partition coefficient (Wildman–Crippen LogP) is 5.06. The third kappa shape index (κ3) is 3.75. The second kappa shape index (κ2) is 9.27. The Labute approximate surface area is 206 Å². The van der Waals surface area contributed by atoms with E-state index in [1.54, 1.807) is 0 Å². The Bertz CT molecular complexity index is 1520. The van der Waals surface area contributed by atoms with E-state index in [0.717, 1.165) is 11.3 Å². The van der Waals surface area contributed by atoms with Gasteiger partial charge in [0.15, 0.2) is 5.69 Å². The first-order chi connectivity index (χ1) is 17.2. The van der Waals surface area contributed by atoms with Crippen LogP contribution in [0.15, 0.2) is 115 Å². The van der Waals surface area contributed by atoms with Crippen molar-refractivity contribution >= 4 is 29.5 Å². The van der Waals surface area contributed by atoms with Gasteiger partial charge in [0.25, 0.3) is 5.82 Å². The van der Waals surface area contributed by atoms with Gasteiger partial charge in [-0.05, 0) is 33.8 Å². The van der Waals surface area contributed by atoms with Crippen LogP contribution in [0.4, 0.5) is 5.82 Å². The second-order valence-electron chi connectivity index (χ2n) is 8.40. The Morgan fingerprint density at radius 1 is 0.771 bits per heavy atom. The van der Waals surface area contributed by atoms with E-state index in [-0.39, 0.29) is 11.5 Å². The van der Waals surface area contributed by atoms with Crippen molar-refractivity contribution in [1.29, 1.82) is 5.26 Å². The standard InChI is InChI=1S/C30H22N4Si/c1-32-30-27(22-31)33-29(34(30)23-14-6-3-7-15-23)26-20-12-13-21-28(26)35(2,24-16-8-4-9-17-24)25-18-10-5-11-19-25/h3-21H,2H3. The molecule has 1 heterocycles. The molecule has 0 saturated carbocycles. The molecule has 0 aliphatic carbocycles. The molecule has 0 unspecified atom stereocenters. The van der Waals surface area contributed by atoms with Gasteiger partial charge in [-0.25, -0.2) is 9.55 Å². The summed E-state index contributed by atoms with van der Waals surface area (Å²) in [5.41, 5.74) is 1.88. The van der Waals surface area contributed by atoms with E-state index in [1.807, 2.05) is 53.1 Å². The number of hydrogen-bond acceptors (Lipinski definition) is 2. The summed E-state index contributed by atoms with van der Waals surface area (Å²) in [6.45, 7) is 10.2. The highest BCUT2D eigenvalue weighted by molar-refractivity contribution is 7.11. The van der Waals surface area contributed by atoms with Crippen molar-refractivity contribution in [3.8, 4) is 23.1 Å². The summed E-state index contributed by atoms with van der Waals surface area (Å²) in [4.78, 5) is 8.43. The quantitative estimate of drug-likeness (QED) is 0.206. The zero-order chi connectivity index (χ0) is 24.3. The molecular weight excluding hydrogens is 444 g/mol. The van der Waals surface area contributed by atoms with Gasteiger partial charge < -0.3 is 4.85 Å². The Hall–Kier alpha value is -4.71.